The molecule has 5 nitrogen and oxygen atoms in total. The molecule has 96 valence electrons. The number of aromatic nitrogens is 2. The minimum absolute atomic E-state index is 0. The maximum atomic E-state index is 5.93. The summed E-state index contributed by atoms with van der Waals surface area (Å²) in [5.41, 5.74) is 5.93. The fourth-order valence-electron chi connectivity index (χ4n) is 1.59. The topological polar surface area (TPSA) is 59.4 Å². The fraction of sp³-hybridized carbons (Fsp3) is 0.600. The number of imidazole rings is 1. The summed E-state index contributed by atoms with van der Waals surface area (Å²) in [5, 5.41) is 0. The second-order valence-electron chi connectivity index (χ2n) is 3.64. The van der Waals surface area contributed by atoms with Crippen LogP contribution in [0.15, 0.2) is 23.7 Å². The largest absolute Gasteiger partial charge is 0.370 e. The van der Waals surface area contributed by atoms with Crippen molar-refractivity contribution in [3.05, 3.63) is 18.7 Å². The summed E-state index contributed by atoms with van der Waals surface area (Å²) in [4.78, 5) is 10.5. The molecule has 1 aliphatic heterocycles. The van der Waals surface area contributed by atoms with Gasteiger partial charge in [-0.3, -0.25) is 4.99 Å². The first-order valence-electron chi connectivity index (χ1n) is 5.44. The van der Waals surface area contributed by atoms with Crippen LogP contribution in [0.4, 0.5) is 0 Å². The highest BCUT2D eigenvalue weighted by Gasteiger charge is 2.11. The molecule has 1 aromatic heterocycles. The lowest BCUT2D eigenvalue weighted by atomic mass is 10.5. The van der Waals surface area contributed by atoms with Crippen molar-refractivity contribution in [2.24, 2.45) is 10.7 Å². The summed E-state index contributed by atoms with van der Waals surface area (Å²) in [7, 11) is 0. The van der Waals surface area contributed by atoms with E-state index in [1.165, 1.54) is 0 Å². The second kappa shape index (κ2) is 7.80. The highest BCUT2D eigenvalue weighted by molar-refractivity contribution is 14.0. The Morgan fingerprint density at radius 3 is 2.82 bits per heavy atom. The molecule has 2 heterocycles. The molecule has 0 amide bonds. The van der Waals surface area contributed by atoms with Gasteiger partial charge in [-0.25, -0.2) is 4.98 Å². The average Bonchev–Trinajstić information content (AvgIpc) is 2.83. The first-order chi connectivity index (χ1) is 7.86. The summed E-state index contributed by atoms with van der Waals surface area (Å²) >= 11 is 1.97. The van der Waals surface area contributed by atoms with Gasteiger partial charge in [0.2, 0.25) is 0 Å². The Hall–Kier alpha value is -0.440. The summed E-state index contributed by atoms with van der Waals surface area (Å²) < 4.78 is 2.00. The molecule has 1 aromatic rings. The Labute approximate surface area is 123 Å². The van der Waals surface area contributed by atoms with Gasteiger partial charge in [0, 0.05) is 43.5 Å². The maximum Gasteiger partial charge on any atom is 0.191 e. The maximum absolute atomic E-state index is 5.93. The molecule has 0 saturated carbocycles. The van der Waals surface area contributed by atoms with E-state index in [-0.39, 0.29) is 24.0 Å². The van der Waals surface area contributed by atoms with Crippen molar-refractivity contribution in [1.82, 2.24) is 14.5 Å². The normalized spacial score (nSPS) is 16.7. The average molecular weight is 367 g/mol. The van der Waals surface area contributed by atoms with E-state index in [0.717, 1.165) is 31.1 Å². The molecular weight excluding hydrogens is 349 g/mol. The monoisotopic (exact) mass is 367 g/mol. The summed E-state index contributed by atoms with van der Waals surface area (Å²) in [6.07, 6.45) is 5.50. The standard InChI is InChI=1S/C10H17N5S.HI/c11-10(15-5-7-16-8-6-15)13-2-4-14-3-1-12-9-14;/h1,3,9H,2,4-8H2,(H2,11,13);1H. The molecule has 2 N–H and O–H groups in total. The summed E-state index contributed by atoms with van der Waals surface area (Å²) in [6.45, 7) is 3.59. The third-order valence-corrected chi connectivity index (χ3v) is 3.47. The first-order valence-corrected chi connectivity index (χ1v) is 6.60. The van der Waals surface area contributed by atoms with E-state index >= 15 is 0 Å². The van der Waals surface area contributed by atoms with Gasteiger partial charge in [-0.05, 0) is 0 Å². The van der Waals surface area contributed by atoms with Crippen LogP contribution in [0, 0.1) is 0 Å². The Bertz CT molecular complexity index is 334. The van der Waals surface area contributed by atoms with Gasteiger partial charge in [0.05, 0.1) is 12.9 Å². The minimum Gasteiger partial charge on any atom is -0.370 e. The van der Waals surface area contributed by atoms with Crippen molar-refractivity contribution in [2.75, 3.05) is 31.1 Å². The SMILES string of the molecule is I.NC(=NCCn1ccnc1)N1CCSCC1. The summed E-state index contributed by atoms with van der Waals surface area (Å²) in [5.74, 6) is 2.98. The number of nitrogens with zero attached hydrogens (tertiary/aromatic N) is 4. The van der Waals surface area contributed by atoms with Crippen LogP contribution in [-0.2, 0) is 6.54 Å². The van der Waals surface area contributed by atoms with Gasteiger partial charge < -0.3 is 15.2 Å². The predicted molar refractivity (Wildman–Crippen MR) is 83.0 cm³/mol. The number of halogens is 1. The van der Waals surface area contributed by atoms with Crippen molar-refractivity contribution in [2.45, 2.75) is 6.54 Å². The summed E-state index contributed by atoms with van der Waals surface area (Å²) in [6, 6.07) is 0. The minimum atomic E-state index is 0. The van der Waals surface area contributed by atoms with Crippen molar-refractivity contribution in [3.63, 3.8) is 0 Å². The molecule has 0 aliphatic carbocycles. The van der Waals surface area contributed by atoms with Gasteiger partial charge in [-0.1, -0.05) is 0 Å². The molecule has 0 atom stereocenters. The van der Waals surface area contributed by atoms with E-state index in [1.807, 2.05) is 22.5 Å². The zero-order chi connectivity index (χ0) is 11.2. The highest BCUT2D eigenvalue weighted by atomic mass is 127. The van der Waals surface area contributed by atoms with Crippen LogP contribution in [-0.4, -0.2) is 51.6 Å². The first kappa shape index (κ1) is 14.6. The zero-order valence-corrected chi connectivity index (χ0v) is 12.8. The molecular formula is C10H18IN5S. The molecule has 0 aromatic carbocycles. The molecule has 0 spiro atoms. The number of thioether (sulfide) groups is 1. The van der Waals surface area contributed by atoms with Gasteiger partial charge in [0.25, 0.3) is 0 Å². The number of aliphatic imine (C=N–C) groups is 1. The van der Waals surface area contributed by atoms with E-state index in [4.69, 9.17) is 5.73 Å². The molecule has 7 heteroatoms. The van der Waals surface area contributed by atoms with E-state index in [1.54, 1.807) is 12.5 Å². The van der Waals surface area contributed by atoms with E-state index in [9.17, 15) is 0 Å². The Balaban J connectivity index is 0.00000144. The van der Waals surface area contributed by atoms with Gasteiger partial charge in [-0.2, -0.15) is 11.8 Å². The van der Waals surface area contributed by atoms with Gasteiger partial charge in [-0.15, -0.1) is 24.0 Å². The lowest BCUT2D eigenvalue weighted by Gasteiger charge is -2.27. The fourth-order valence-corrected chi connectivity index (χ4v) is 2.49. The van der Waals surface area contributed by atoms with Crippen LogP contribution in [0.5, 0.6) is 0 Å². The van der Waals surface area contributed by atoms with Crippen molar-refractivity contribution < 1.29 is 0 Å². The van der Waals surface area contributed by atoms with Crippen LogP contribution < -0.4 is 5.73 Å². The van der Waals surface area contributed by atoms with E-state index in [0.29, 0.717) is 12.5 Å². The van der Waals surface area contributed by atoms with E-state index < -0.39 is 0 Å². The third-order valence-electron chi connectivity index (χ3n) is 2.53. The van der Waals surface area contributed by atoms with Crippen LogP contribution in [0.3, 0.4) is 0 Å². The second-order valence-corrected chi connectivity index (χ2v) is 4.86. The van der Waals surface area contributed by atoms with Gasteiger partial charge in [0.1, 0.15) is 0 Å². The third kappa shape index (κ3) is 4.74. The number of nitrogens with two attached hydrogens (primary N) is 1. The molecule has 0 unspecified atom stereocenters. The molecule has 2 rings (SSSR count). The number of rotatable bonds is 3. The van der Waals surface area contributed by atoms with Gasteiger partial charge in [0.15, 0.2) is 5.96 Å². The lowest BCUT2D eigenvalue weighted by molar-refractivity contribution is 0.455. The van der Waals surface area contributed by atoms with Crippen LogP contribution in [0.1, 0.15) is 0 Å². The number of hydrogen-bond acceptors (Lipinski definition) is 3. The van der Waals surface area contributed by atoms with E-state index in [2.05, 4.69) is 14.9 Å². The Kier molecular flexibility index (Phi) is 6.71. The quantitative estimate of drug-likeness (QED) is 0.489. The smallest absolute Gasteiger partial charge is 0.191 e. The van der Waals surface area contributed by atoms with Gasteiger partial charge >= 0.3 is 0 Å². The molecule has 1 fully saturated rings. The number of hydrogen-bond donors (Lipinski definition) is 1. The molecule has 1 aliphatic rings. The molecule has 17 heavy (non-hydrogen) atoms. The predicted octanol–water partition coefficient (Wildman–Crippen LogP) is 0.865. The lowest BCUT2D eigenvalue weighted by Crippen LogP contribution is -2.42. The molecule has 0 radical (unpaired) electrons. The van der Waals surface area contributed by atoms with Crippen LogP contribution in [0.2, 0.25) is 0 Å². The molecule has 1 saturated heterocycles. The Morgan fingerprint density at radius 2 is 2.18 bits per heavy atom. The number of guanidine groups is 1. The van der Waals surface area contributed by atoms with Crippen molar-refractivity contribution in [3.8, 4) is 0 Å². The van der Waals surface area contributed by atoms with Crippen molar-refractivity contribution >= 4 is 41.7 Å². The van der Waals surface area contributed by atoms with Crippen molar-refractivity contribution in [1.29, 1.82) is 0 Å². The zero-order valence-electron chi connectivity index (χ0n) is 9.66. The van der Waals surface area contributed by atoms with Crippen LogP contribution in [0.25, 0.3) is 0 Å². The van der Waals surface area contributed by atoms with Crippen LogP contribution >= 0.6 is 35.7 Å². The molecule has 0 bridgehead atoms. The Morgan fingerprint density at radius 1 is 1.41 bits per heavy atom. The highest BCUT2D eigenvalue weighted by Crippen LogP contribution is 2.08.